The molecule has 1 aromatic heterocycles. The number of aromatic nitrogens is 2. The van der Waals surface area contributed by atoms with E-state index in [4.69, 9.17) is 0 Å². The van der Waals surface area contributed by atoms with Gasteiger partial charge in [0.2, 0.25) is 0 Å². The van der Waals surface area contributed by atoms with Gasteiger partial charge in [-0.15, -0.1) is 0 Å². The molecule has 1 amide bonds. The summed E-state index contributed by atoms with van der Waals surface area (Å²) in [7, 11) is 0. The van der Waals surface area contributed by atoms with E-state index in [0.717, 1.165) is 37.2 Å². The number of piperidine rings is 1. The number of likely N-dealkylation sites (tertiary alicyclic amines) is 2. The van der Waals surface area contributed by atoms with Crippen LogP contribution in [0.2, 0.25) is 0 Å². The number of nitrogens with one attached hydrogen (secondary N) is 1. The predicted molar refractivity (Wildman–Crippen MR) is 106 cm³/mol. The van der Waals surface area contributed by atoms with Crippen molar-refractivity contribution in [3.8, 4) is 0 Å². The normalized spacial score (nSPS) is 28.6. The van der Waals surface area contributed by atoms with Gasteiger partial charge in [-0.1, -0.05) is 30.3 Å². The van der Waals surface area contributed by atoms with E-state index >= 15 is 0 Å². The standard InChI is InChI=1S/C22H28N4O2/c27-21(19-14-18(23-24-19)16-8-9-16)26-13-10-22(28,17-6-2-1-3-7-17)20(15-26)25-11-4-5-12-25/h1-3,6-7,14,16,20,28H,4-5,8-13,15H2,(H,23,24)/t20-,22+/m1/s1. The van der Waals surface area contributed by atoms with Crippen LogP contribution in [0.3, 0.4) is 0 Å². The van der Waals surface area contributed by atoms with E-state index in [0.29, 0.717) is 31.1 Å². The van der Waals surface area contributed by atoms with Gasteiger partial charge >= 0.3 is 0 Å². The number of aliphatic hydroxyl groups is 1. The topological polar surface area (TPSA) is 72.5 Å². The maximum absolute atomic E-state index is 13.1. The Morgan fingerprint density at radius 3 is 2.61 bits per heavy atom. The first-order valence-electron chi connectivity index (χ1n) is 10.5. The Hall–Kier alpha value is -2.18. The van der Waals surface area contributed by atoms with Crippen molar-refractivity contribution in [1.82, 2.24) is 20.0 Å². The number of nitrogens with zero attached hydrogens (tertiary/aromatic N) is 3. The van der Waals surface area contributed by atoms with Crippen molar-refractivity contribution in [3.05, 3.63) is 53.3 Å². The molecule has 0 spiro atoms. The summed E-state index contributed by atoms with van der Waals surface area (Å²) in [5.74, 6) is 0.526. The number of amides is 1. The summed E-state index contributed by atoms with van der Waals surface area (Å²) in [6.45, 7) is 3.04. The van der Waals surface area contributed by atoms with E-state index in [-0.39, 0.29) is 11.9 Å². The molecule has 3 heterocycles. The quantitative estimate of drug-likeness (QED) is 0.855. The molecule has 2 aliphatic heterocycles. The number of carbonyl (C=O) groups excluding carboxylic acids is 1. The smallest absolute Gasteiger partial charge is 0.274 e. The van der Waals surface area contributed by atoms with E-state index in [1.807, 2.05) is 41.3 Å². The fraction of sp³-hybridized carbons (Fsp3) is 0.545. The van der Waals surface area contributed by atoms with Crippen molar-refractivity contribution >= 4 is 5.91 Å². The monoisotopic (exact) mass is 380 g/mol. The summed E-state index contributed by atoms with van der Waals surface area (Å²) in [6.07, 6.45) is 5.21. The summed E-state index contributed by atoms with van der Waals surface area (Å²) < 4.78 is 0. The number of benzene rings is 1. The number of rotatable bonds is 4. The number of hydrogen-bond donors (Lipinski definition) is 2. The minimum atomic E-state index is -0.923. The number of aromatic amines is 1. The van der Waals surface area contributed by atoms with Crippen LogP contribution in [0.25, 0.3) is 0 Å². The van der Waals surface area contributed by atoms with Crippen LogP contribution in [0.15, 0.2) is 36.4 Å². The zero-order valence-corrected chi connectivity index (χ0v) is 16.2. The Labute approximate surface area is 165 Å². The van der Waals surface area contributed by atoms with Gasteiger partial charge in [0.05, 0.1) is 6.04 Å². The molecule has 2 N–H and O–H groups in total. The second-order valence-electron chi connectivity index (χ2n) is 8.53. The molecular weight excluding hydrogens is 352 g/mol. The van der Waals surface area contributed by atoms with Gasteiger partial charge < -0.3 is 10.0 Å². The fourth-order valence-electron chi connectivity index (χ4n) is 4.85. The highest BCUT2D eigenvalue weighted by molar-refractivity contribution is 5.92. The number of carbonyl (C=O) groups is 1. The summed E-state index contributed by atoms with van der Waals surface area (Å²) in [5, 5.41) is 19.0. The molecular formula is C22H28N4O2. The van der Waals surface area contributed by atoms with E-state index in [2.05, 4.69) is 15.1 Å². The molecule has 28 heavy (non-hydrogen) atoms. The van der Waals surface area contributed by atoms with Crippen LogP contribution in [0.4, 0.5) is 0 Å². The lowest BCUT2D eigenvalue weighted by atomic mass is 9.79. The zero-order chi connectivity index (χ0) is 19.1. The van der Waals surface area contributed by atoms with Gasteiger partial charge in [0.1, 0.15) is 11.3 Å². The van der Waals surface area contributed by atoms with Gasteiger partial charge in [-0.3, -0.25) is 14.8 Å². The van der Waals surface area contributed by atoms with E-state index in [1.165, 1.54) is 12.8 Å². The lowest BCUT2D eigenvalue weighted by molar-refractivity contribution is -0.0878. The van der Waals surface area contributed by atoms with Crippen molar-refractivity contribution in [2.75, 3.05) is 26.2 Å². The Balaban J connectivity index is 1.40. The largest absolute Gasteiger partial charge is 0.383 e. The molecule has 3 fully saturated rings. The molecule has 2 aromatic rings. The molecule has 3 aliphatic rings. The second-order valence-corrected chi connectivity index (χ2v) is 8.53. The summed E-state index contributed by atoms with van der Waals surface area (Å²) in [6, 6.07) is 11.8. The first-order chi connectivity index (χ1) is 13.6. The highest BCUT2D eigenvalue weighted by Crippen LogP contribution is 2.40. The van der Waals surface area contributed by atoms with Crippen LogP contribution < -0.4 is 0 Å². The molecule has 1 aromatic carbocycles. The van der Waals surface area contributed by atoms with Crippen molar-refractivity contribution in [3.63, 3.8) is 0 Å². The van der Waals surface area contributed by atoms with Gasteiger partial charge in [-0.25, -0.2) is 0 Å². The average molecular weight is 380 g/mol. The van der Waals surface area contributed by atoms with Crippen LogP contribution >= 0.6 is 0 Å². The minimum absolute atomic E-state index is 0.0255. The van der Waals surface area contributed by atoms with Gasteiger partial charge in [0.25, 0.3) is 5.91 Å². The summed E-state index contributed by atoms with van der Waals surface area (Å²) >= 11 is 0. The number of hydrogen-bond acceptors (Lipinski definition) is 4. The molecule has 2 saturated heterocycles. The van der Waals surface area contributed by atoms with Crippen molar-refractivity contribution in [2.24, 2.45) is 0 Å². The fourth-order valence-corrected chi connectivity index (χ4v) is 4.85. The third kappa shape index (κ3) is 3.14. The zero-order valence-electron chi connectivity index (χ0n) is 16.2. The number of H-pyrrole nitrogens is 1. The highest BCUT2D eigenvalue weighted by atomic mass is 16.3. The molecule has 1 aliphatic carbocycles. The molecule has 6 heteroatoms. The van der Waals surface area contributed by atoms with Gasteiger partial charge in [0.15, 0.2) is 0 Å². The first-order valence-corrected chi connectivity index (χ1v) is 10.5. The third-order valence-corrected chi connectivity index (χ3v) is 6.68. The Morgan fingerprint density at radius 1 is 1.14 bits per heavy atom. The minimum Gasteiger partial charge on any atom is -0.383 e. The van der Waals surface area contributed by atoms with Crippen molar-refractivity contribution in [2.45, 2.75) is 49.7 Å². The van der Waals surface area contributed by atoms with E-state index in [9.17, 15) is 9.90 Å². The summed E-state index contributed by atoms with van der Waals surface area (Å²) in [4.78, 5) is 17.4. The maximum Gasteiger partial charge on any atom is 0.274 e. The molecule has 0 bridgehead atoms. The average Bonchev–Trinajstić information content (AvgIpc) is 3.22. The van der Waals surface area contributed by atoms with Crippen molar-refractivity contribution in [1.29, 1.82) is 0 Å². The van der Waals surface area contributed by atoms with E-state index in [1.54, 1.807) is 0 Å². The molecule has 1 saturated carbocycles. The Morgan fingerprint density at radius 2 is 1.89 bits per heavy atom. The van der Waals surface area contributed by atoms with Crippen LogP contribution in [0.5, 0.6) is 0 Å². The molecule has 148 valence electrons. The second kappa shape index (κ2) is 7.01. The van der Waals surface area contributed by atoms with Gasteiger partial charge in [-0.2, -0.15) is 5.10 Å². The van der Waals surface area contributed by atoms with Gasteiger partial charge in [-0.05, 0) is 56.8 Å². The molecule has 2 atom stereocenters. The van der Waals surface area contributed by atoms with Crippen LogP contribution in [0, 0.1) is 0 Å². The van der Waals surface area contributed by atoms with Crippen molar-refractivity contribution < 1.29 is 9.90 Å². The van der Waals surface area contributed by atoms with Gasteiger partial charge in [0, 0.05) is 24.7 Å². The molecule has 0 unspecified atom stereocenters. The Bertz CT molecular complexity index is 841. The lowest BCUT2D eigenvalue weighted by Gasteiger charge is -2.48. The summed E-state index contributed by atoms with van der Waals surface area (Å²) in [5.41, 5.74) is 1.62. The SMILES string of the molecule is O=C(c1cc(C2CC2)[nH]n1)N1CC[C@](O)(c2ccccc2)[C@H](N2CCCC2)C1. The van der Waals surface area contributed by atoms with E-state index < -0.39 is 5.60 Å². The molecule has 5 rings (SSSR count). The highest BCUT2D eigenvalue weighted by Gasteiger charge is 2.47. The van der Waals surface area contributed by atoms with Crippen LogP contribution in [0.1, 0.15) is 59.8 Å². The molecule has 6 nitrogen and oxygen atoms in total. The predicted octanol–water partition coefficient (Wildman–Crippen LogP) is 2.49. The van der Waals surface area contributed by atoms with Crippen LogP contribution in [-0.4, -0.2) is 63.2 Å². The molecule has 0 radical (unpaired) electrons. The first kappa shape index (κ1) is 17.9. The third-order valence-electron chi connectivity index (χ3n) is 6.68. The van der Waals surface area contributed by atoms with Crippen LogP contribution in [-0.2, 0) is 5.60 Å². The lowest BCUT2D eigenvalue weighted by Crippen LogP contribution is -2.61. The Kier molecular flexibility index (Phi) is 4.48. The maximum atomic E-state index is 13.1.